The van der Waals surface area contributed by atoms with E-state index in [1.165, 1.54) is 27.8 Å². The Balaban J connectivity index is 1.74. The molecule has 118 valence electrons. The Bertz CT molecular complexity index is 799. The van der Waals surface area contributed by atoms with Crippen molar-refractivity contribution in [3.63, 3.8) is 0 Å². The van der Waals surface area contributed by atoms with Crippen LogP contribution in [0.25, 0.3) is 11.5 Å². The molecule has 0 N–H and O–H groups in total. The maximum Gasteiger partial charge on any atom is 0.277 e. The minimum Gasteiger partial charge on any atom is -0.411 e. The van der Waals surface area contributed by atoms with Crippen LogP contribution in [0.15, 0.2) is 46.0 Å². The molecule has 23 heavy (non-hydrogen) atoms. The zero-order valence-corrected chi connectivity index (χ0v) is 14.7. The molecule has 3 nitrogen and oxygen atoms in total. The molecule has 1 aromatic heterocycles. The molecule has 0 fully saturated rings. The van der Waals surface area contributed by atoms with Crippen LogP contribution in [-0.4, -0.2) is 10.2 Å². The lowest BCUT2D eigenvalue weighted by molar-refractivity contribution is 0.466. The van der Waals surface area contributed by atoms with Crippen molar-refractivity contribution in [3.8, 4) is 11.5 Å². The fourth-order valence-electron chi connectivity index (χ4n) is 2.65. The van der Waals surface area contributed by atoms with Gasteiger partial charge in [-0.2, -0.15) is 0 Å². The number of aromatic nitrogens is 2. The maximum atomic E-state index is 5.78. The van der Waals surface area contributed by atoms with E-state index >= 15 is 0 Å². The highest BCUT2D eigenvalue weighted by Crippen LogP contribution is 2.28. The minimum absolute atomic E-state index is 0.574. The molecule has 0 unspecified atom stereocenters. The van der Waals surface area contributed by atoms with Gasteiger partial charge in [0.2, 0.25) is 5.89 Å². The van der Waals surface area contributed by atoms with Crippen LogP contribution in [0, 0.1) is 27.7 Å². The lowest BCUT2D eigenvalue weighted by Gasteiger charge is -2.09. The fourth-order valence-corrected chi connectivity index (χ4v) is 3.61. The van der Waals surface area contributed by atoms with E-state index in [1.54, 1.807) is 11.8 Å². The van der Waals surface area contributed by atoms with Crippen molar-refractivity contribution < 1.29 is 4.42 Å². The zero-order valence-electron chi connectivity index (χ0n) is 13.9. The third kappa shape index (κ3) is 3.64. The van der Waals surface area contributed by atoms with Crippen LogP contribution in [0.2, 0.25) is 0 Å². The molecule has 3 rings (SSSR count). The van der Waals surface area contributed by atoms with Gasteiger partial charge in [-0.3, -0.25) is 0 Å². The first kappa shape index (κ1) is 15.8. The second-order valence-corrected chi connectivity index (χ2v) is 6.83. The highest BCUT2D eigenvalue weighted by Gasteiger charge is 2.11. The van der Waals surface area contributed by atoms with E-state index in [-0.39, 0.29) is 0 Å². The summed E-state index contributed by atoms with van der Waals surface area (Å²) in [6.45, 7) is 8.50. The van der Waals surface area contributed by atoms with Crippen LogP contribution >= 0.6 is 11.8 Å². The van der Waals surface area contributed by atoms with Gasteiger partial charge in [0.1, 0.15) is 0 Å². The van der Waals surface area contributed by atoms with Crippen LogP contribution in [0.3, 0.4) is 0 Å². The summed E-state index contributed by atoms with van der Waals surface area (Å²) in [6.07, 6.45) is 0. The quantitative estimate of drug-likeness (QED) is 0.613. The molecule has 0 radical (unpaired) electrons. The summed E-state index contributed by atoms with van der Waals surface area (Å²) >= 11 is 1.59. The van der Waals surface area contributed by atoms with E-state index in [1.807, 2.05) is 24.3 Å². The number of nitrogens with zero attached hydrogens (tertiary/aromatic N) is 2. The molecule has 1 heterocycles. The normalized spacial score (nSPS) is 11.0. The van der Waals surface area contributed by atoms with Gasteiger partial charge in [-0.1, -0.05) is 47.2 Å². The first-order valence-corrected chi connectivity index (χ1v) is 8.61. The molecule has 0 saturated carbocycles. The first-order valence-electron chi connectivity index (χ1n) is 7.63. The topological polar surface area (TPSA) is 38.9 Å². The average molecular weight is 324 g/mol. The molecule has 0 aliphatic carbocycles. The van der Waals surface area contributed by atoms with Crippen LogP contribution in [-0.2, 0) is 5.75 Å². The number of aryl methyl sites for hydroxylation is 4. The maximum absolute atomic E-state index is 5.78. The minimum atomic E-state index is 0.574. The second-order valence-electron chi connectivity index (χ2n) is 5.91. The van der Waals surface area contributed by atoms with Crippen molar-refractivity contribution in [2.45, 2.75) is 38.7 Å². The summed E-state index contributed by atoms with van der Waals surface area (Å²) in [5, 5.41) is 8.91. The number of thioether (sulfide) groups is 1. The van der Waals surface area contributed by atoms with Gasteiger partial charge in [-0.15, -0.1) is 10.2 Å². The molecule has 0 saturated heterocycles. The van der Waals surface area contributed by atoms with Gasteiger partial charge in [0.25, 0.3) is 5.22 Å². The Labute approximate surface area is 141 Å². The van der Waals surface area contributed by atoms with Crippen LogP contribution < -0.4 is 0 Å². The van der Waals surface area contributed by atoms with Gasteiger partial charge in [-0.05, 0) is 56.5 Å². The predicted octanol–water partition coefficient (Wildman–Crippen LogP) is 5.26. The third-order valence-electron chi connectivity index (χ3n) is 3.89. The predicted molar refractivity (Wildman–Crippen MR) is 94.7 cm³/mol. The van der Waals surface area contributed by atoms with E-state index in [0.29, 0.717) is 11.1 Å². The van der Waals surface area contributed by atoms with Crippen LogP contribution in [0.4, 0.5) is 0 Å². The number of rotatable bonds is 4. The Morgan fingerprint density at radius 1 is 0.870 bits per heavy atom. The van der Waals surface area contributed by atoms with Gasteiger partial charge in [-0.25, -0.2) is 0 Å². The molecule has 0 aliphatic heterocycles. The Hall–Kier alpha value is -2.07. The lowest BCUT2D eigenvalue weighted by atomic mass is 10.0. The van der Waals surface area contributed by atoms with Crippen molar-refractivity contribution in [1.29, 1.82) is 0 Å². The fraction of sp³-hybridized carbons (Fsp3) is 0.263. The molecule has 0 aliphatic rings. The van der Waals surface area contributed by atoms with Gasteiger partial charge < -0.3 is 4.42 Å². The molecule has 4 heteroatoms. The Kier molecular flexibility index (Phi) is 4.53. The van der Waals surface area contributed by atoms with E-state index in [4.69, 9.17) is 4.42 Å². The monoisotopic (exact) mass is 324 g/mol. The van der Waals surface area contributed by atoms with Gasteiger partial charge in [0, 0.05) is 11.3 Å². The highest BCUT2D eigenvalue weighted by molar-refractivity contribution is 7.98. The summed E-state index contributed by atoms with van der Waals surface area (Å²) in [7, 11) is 0. The molecule has 2 aromatic carbocycles. The Morgan fingerprint density at radius 2 is 1.52 bits per heavy atom. The Morgan fingerprint density at radius 3 is 2.17 bits per heavy atom. The molecule has 0 bridgehead atoms. The summed E-state index contributed by atoms with van der Waals surface area (Å²) in [4.78, 5) is 0. The van der Waals surface area contributed by atoms with Gasteiger partial charge in [0.05, 0.1) is 0 Å². The van der Waals surface area contributed by atoms with Gasteiger partial charge >= 0.3 is 0 Å². The molecule has 0 spiro atoms. The molecule has 0 amide bonds. The lowest BCUT2D eigenvalue weighted by Crippen LogP contribution is -1.93. The highest BCUT2D eigenvalue weighted by atomic mass is 32.2. The first-order chi connectivity index (χ1) is 11.0. The molecular formula is C19H20N2OS. The molecule has 0 atom stereocenters. The zero-order chi connectivity index (χ0) is 16.4. The summed E-state index contributed by atoms with van der Waals surface area (Å²) in [5.74, 6) is 1.41. The van der Waals surface area contributed by atoms with Crippen molar-refractivity contribution in [2.24, 2.45) is 0 Å². The molecule has 3 aromatic rings. The summed E-state index contributed by atoms with van der Waals surface area (Å²) in [5.41, 5.74) is 7.44. The van der Waals surface area contributed by atoms with Crippen LogP contribution in [0.5, 0.6) is 0 Å². The summed E-state index contributed by atoms with van der Waals surface area (Å²) < 4.78 is 5.78. The van der Waals surface area contributed by atoms with Crippen LogP contribution in [0.1, 0.15) is 27.8 Å². The third-order valence-corrected chi connectivity index (χ3v) is 4.73. The van der Waals surface area contributed by atoms with E-state index in [9.17, 15) is 0 Å². The van der Waals surface area contributed by atoms with Crippen molar-refractivity contribution in [1.82, 2.24) is 10.2 Å². The number of benzene rings is 2. The van der Waals surface area contributed by atoms with Crippen molar-refractivity contribution in [3.05, 3.63) is 64.2 Å². The number of hydrogen-bond donors (Lipinski definition) is 0. The van der Waals surface area contributed by atoms with Crippen molar-refractivity contribution >= 4 is 11.8 Å². The summed E-state index contributed by atoms with van der Waals surface area (Å²) in [6, 6.07) is 12.5. The second kappa shape index (κ2) is 6.59. The van der Waals surface area contributed by atoms with E-state index in [0.717, 1.165) is 11.3 Å². The standard InChI is InChI=1S/C19H20N2OS/c1-12-5-7-16(8-6-12)18-20-21-19(22-18)23-11-17-14(3)9-13(2)10-15(17)4/h5-10H,11H2,1-4H3. The number of hydrogen-bond acceptors (Lipinski definition) is 4. The largest absolute Gasteiger partial charge is 0.411 e. The average Bonchev–Trinajstić information content (AvgIpc) is 2.96. The van der Waals surface area contributed by atoms with Gasteiger partial charge in [0.15, 0.2) is 0 Å². The molecular weight excluding hydrogens is 304 g/mol. The van der Waals surface area contributed by atoms with E-state index in [2.05, 4.69) is 50.0 Å². The van der Waals surface area contributed by atoms with Crippen molar-refractivity contribution in [2.75, 3.05) is 0 Å². The van der Waals surface area contributed by atoms with E-state index < -0.39 is 0 Å². The smallest absolute Gasteiger partial charge is 0.277 e. The SMILES string of the molecule is Cc1ccc(-c2nnc(SCc3c(C)cc(C)cc3C)o2)cc1.